The molecule has 0 saturated carbocycles. The van der Waals surface area contributed by atoms with Crippen LogP contribution in [0.15, 0.2) is 28.7 Å². The molecule has 4 heteroatoms. The van der Waals surface area contributed by atoms with E-state index in [0.717, 1.165) is 29.5 Å². The molecule has 0 unspecified atom stereocenters. The van der Waals surface area contributed by atoms with Gasteiger partial charge in [-0.2, -0.15) is 0 Å². The largest absolute Gasteiger partial charge is 0.395 e. The molecule has 0 bridgehead atoms. The van der Waals surface area contributed by atoms with Crippen molar-refractivity contribution in [1.82, 2.24) is 4.90 Å². The third-order valence-corrected chi connectivity index (χ3v) is 3.44. The molecule has 0 aliphatic carbocycles. The Kier molecular flexibility index (Phi) is 7.16. The quantitative estimate of drug-likeness (QED) is 0.750. The van der Waals surface area contributed by atoms with Crippen molar-refractivity contribution < 1.29 is 9.90 Å². The fourth-order valence-electron chi connectivity index (χ4n) is 1.81. The number of halogens is 1. The van der Waals surface area contributed by atoms with Gasteiger partial charge in [0.2, 0.25) is 0 Å². The number of likely N-dealkylation sites (N-methyl/N-ethyl adjacent to an activating group) is 1. The lowest BCUT2D eigenvalue weighted by Gasteiger charge is -2.18. The number of carbonyl (C=O) groups is 1. The average Bonchev–Trinajstić information content (AvgIpc) is 2.38. The number of hydrogen-bond donors (Lipinski definition) is 1. The van der Waals surface area contributed by atoms with Crippen molar-refractivity contribution in [3.8, 4) is 0 Å². The van der Waals surface area contributed by atoms with Crippen LogP contribution in [0.1, 0.15) is 30.1 Å². The molecule has 0 aliphatic rings. The van der Waals surface area contributed by atoms with E-state index >= 15 is 0 Å². The van der Waals surface area contributed by atoms with E-state index in [1.54, 1.807) is 0 Å². The van der Waals surface area contributed by atoms with E-state index in [1.165, 1.54) is 0 Å². The van der Waals surface area contributed by atoms with Gasteiger partial charge < -0.3 is 10.0 Å². The van der Waals surface area contributed by atoms with Crippen LogP contribution in [0, 0.1) is 0 Å². The number of hydrogen-bond acceptors (Lipinski definition) is 3. The van der Waals surface area contributed by atoms with Crippen LogP contribution in [-0.2, 0) is 0 Å². The summed E-state index contributed by atoms with van der Waals surface area (Å²) in [6, 6.07) is 7.46. The lowest BCUT2D eigenvalue weighted by molar-refractivity contribution is 0.0973. The van der Waals surface area contributed by atoms with Gasteiger partial charge in [0.05, 0.1) is 6.61 Å². The van der Waals surface area contributed by atoms with Crippen molar-refractivity contribution in [2.45, 2.75) is 19.8 Å². The molecular weight excluding hydrogens is 294 g/mol. The van der Waals surface area contributed by atoms with Gasteiger partial charge in [0.15, 0.2) is 5.78 Å². The smallest absolute Gasteiger partial charge is 0.162 e. The highest BCUT2D eigenvalue weighted by molar-refractivity contribution is 9.10. The Labute approximate surface area is 117 Å². The Balaban J connectivity index is 2.35. The number of Topliss-reactive ketones (excluding diaryl/α,β-unsaturated/α-hetero) is 1. The summed E-state index contributed by atoms with van der Waals surface area (Å²) < 4.78 is 0.985. The van der Waals surface area contributed by atoms with Crippen molar-refractivity contribution in [1.29, 1.82) is 0 Å². The van der Waals surface area contributed by atoms with E-state index in [1.807, 2.05) is 24.3 Å². The third-order valence-electron chi connectivity index (χ3n) is 2.91. The molecule has 0 atom stereocenters. The van der Waals surface area contributed by atoms with Gasteiger partial charge in [-0.15, -0.1) is 0 Å². The first-order valence-electron chi connectivity index (χ1n) is 6.29. The first kappa shape index (κ1) is 15.3. The molecule has 1 N–H and O–H groups in total. The second-order valence-electron chi connectivity index (χ2n) is 4.19. The zero-order valence-electron chi connectivity index (χ0n) is 10.7. The van der Waals surface area contributed by atoms with Crippen LogP contribution in [0.2, 0.25) is 0 Å². The van der Waals surface area contributed by atoms with Gasteiger partial charge in [0.25, 0.3) is 0 Å². The van der Waals surface area contributed by atoms with E-state index in [4.69, 9.17) is 5.11 Å². The zero-order valence-corrected chi connectivity index (χ0v) is 12.3. The number of rotatable bonds is 8. The van der Waals surface area contributed by atoms with Crippen molar-refractivity contribution >= 4 is 21.7 Å². The summed E-state index contributed by atoms with van der Waals surface area (Å²) in [5.41, 5.74) is 0.767. The van der Waals surface area contributed by atoms with Gasteiger partial charge in [0, 0.05) is 23.0 Å². The topological polar surface area (TPSA) is 40.5 Å². The molecule has 0 fully saturated rings. The number of aliphatic hydroxyl groups is 1. The molecule has 0 amide bonds. The maximum atomic E-state index is 11.9. The molecule has 1 aromatic rings. The van der Waals surface area contributed by atoms with E-state index in [2.05, 4.69) is 27.8 Å². The Hall–Kier alpha value is -0.710. The number of benzene rings is 1. The van der Waals surface area contributed by atoms with Gasteiger partial charge in [-0.05, 0) is 31.6 Å². The molecule has 1 rings (SSSR count). The summed E-state index contributed by atoms with van der Waals surface area (Å²) in [4.78, 5) is 14.0. The third kappa shape index (κ3) is 5.29. The van der Waals surface area contributed by atoms with Crippen LogP contribution in [0.4, 0.5) is 0 Å². The molecule has 0 radical (unpaired) electrons. The van der Waals surface area contributed by atoms with E-state index < -0.39 is 0 Å². The zero-order chi connectivity index (χ0) is 13.4. The van der Waals surface area contributed by atoms with Gasteiger partial charge in [-0.3, -0.25) is 4.79 Å². The highest BCUT2D eigenvalue weighted by Crippen LogP contribution is 2.12. The molecule has 0 saturated heterocycles. The molecule has 0 aliphatic heterocycles. The minimum absolute atomic E-state index is 0.175. The molecule has 0 heterocycles. The second-order valence-corrected chi connectivity index (χ2v) is 5.11. The van der Waals surface area contributed by atoms with Gasteiger partial charge in [0.1, 0.15) is 0 Å². The SMILES string of the molecule is CCN(CCO)CCCC(=O)c1ccc(Br)cc1. The van der Waals surface area contributed by atoms with E-state index in [0.29, 0.717) is 13.0 Å². The summed E-state index contributed by atoms with van der Waals surface area (Å²) in [5, 5.41) is 8.87. The standard InChI is InChI=1S/C14H20BrNO2/c1-2-16(10-11-17)9-3-4-14(18)12-5-7-13(15)8-6-12/h5-8,17H,2-4,9-11H2,1H3. The number of nitrogens with zero attached hydrogens (tertiary/aromatic N) is 1. The lowest BCUT2D eigenvalue weighted by atomic mass is 10.1. The Bertz CT molecular complexity index is 365. The van der Waals surface area contributed by atoms with Gasteiger partial charge >= 0.3 is 0 Å². The van der Waals surface area contributed by atoms with Crippen LogP contribution in [-0.4, -0.2) is 42.0 Å². The summed E-state index contributed by atoms with van der Waals surface area (Å²) >= 11 is 3.35. The monoisotopic (exact) mass is 313 g/mol. The lowest BCUT2D eigenvalue weighted by Crippen LogP contribution is -2.28. The van der Waals surface area contributed by atoms with Crippen molar-refractivity contribution in [3.63, 3.8) is 0 Å². The average molecular weight is 314 g/mol. The molecule has 18 heavy (non-hydrogen) atoms. The van der Waals surface area contributed by atoms with Crippen LogP contribution in [0.3, 0.4) is 0 Å². The molecule has 0 aromatic heterocycles. The highest BCUT2D eigenvalue weighted by Gasteiger charge is 2.07. The van der Waals surface area contributed by atoms with Crippen molar-refractivity contribution in [2.24, 2.45) is 0 Å². The number of aliphatic hydroxyl groups excluding tert-OH is 1. The highest BCUT2D eigenvalue weighted by atomic mass is 79.9. The van der Waals surface area contributed by atoms with Crippen molar-refractivity contribution in [3.05, 3.63) is 34.3 Å². The summed E-state index contributed by atoms with van der Waals surface area (Å²) in [7, 11) is 0. The Morgan fingerprint density at radius 2 is 1.94 bits per heavy atom. The fourth-order valence-corrected chi connectivity index (χ4v) is 2.08. The number of ketones is 1. The molecule has 3 nitrogen and oxygen atoms in total. The predicted octanol–water partition coefficient (Wildman–Crippen LogP) is 2.73. The van der Waals surface area contributed by atoms with Crippen LogP contribution in [0.25, 0.3) is 0 Å². The van der Waals surface area contributed by atoms with Crippen LogP contribution >= 0.6 is 15.9 Å². The minimum atomic E-state index is 0.175. The van der Waals surface area contributed by atoms with E-state index in [-0.39, 0.29) is 12.4 Å². The first-order valence-corrected chi connectivity index (χ1v) is 7.08. The second kappa shape index (κ2) is 8.40. The maximum Gasteiger partial charge on any atom is 0.162 e. The normalized spacial score (nSPS) is 10.9. The van der Waals surface area contributed by atoms with Crippen LogP contribution < -0.4 is 0 Å². The van der Waals surface area contributed by atoms with Gasteiger partial charge in [-0.25, -0.2) is 0 Å². The molecule has 1 aromatic carbocycles. The minimum Gasteiger partial charge on any atom is -0.395 e. The molecule has 100 valence electrons. The molecular formula is C14H20BrNO2. The Morgan fingerprint density at radius 1 is 1.28 bits per heavy atom. The molecule has 0 spiro atoms. The first-order chi connectivity index (χ1) is 8.67. The predicted molar refractivity (Wildman–Crippen MR) is 76.9 cm³/mol. The summed E-state index contributed by atoms with van der Waals surface area (Å²) in [5.74, 6) is 0.183. The van der Waals surface area contributed by atoms with Crippen LogP contribution in [0.5, 0.6) is 0 Å². The summed E-state index contributed by atoms with van der Waals surface area (Å²) in [6.45, 7) is 4.69. The Morgan fingerprint density at radius 3 is 2.50 bits per heavy atom. The van der Waals surface area contributed by atoms with Gasteiger partial charge in [-0.1, -0.05) is 35.0 Å². The number of carbonyl (C=O) groups excluding carboxylic acids is 1. The fraction of sp³-hybridized carbons (Fsp3) is 0.500. The van der Waals surface area contributed by atoms with E-state index in [9.17, 15) is 4.79 Å². The summed E-state index contributed by atoms with van der Waals surface area (Å²) in [6.07, 6.45) is 1.40. The van der Waals surface area contributed by atoms with Crippen molar-refractivity contribution in [2.75, 3.05) is 26.2 Å². The maximum absolute atomic E-state index is 11.9.